The van der Waals surface area contributed by atoms with Crippen molar-refractivity contribution < 1.29 is 32.6 Å². The van der Waals surface area contributed by atoms with Gasteiger partial charge in [0.2, 0.25) is 11.7 Å². The fourth-order valence-electron chi connectivity index (χ4n) is 7.15. The number of amides is 2. The Morgan fingerprint density at radius 2 is 1.70 bits per heavy atom. The van der Waals surface area contributed by atoms with E-state index in [1.54, 1.807) is 41.6 Å². The number of likely N-dealkylation sites (tertiary alicyclic amines) is 2. The van der Waals surface area contributed by atoms with Gasteiger partial charge in [-0.3, -0.25) is 19.5 Å². The van der Waals surface area contributed by atoms with Crippen molar-refractivity contribution in [2.45, 2.75) is 43.1 Å². The van der Waals surface area contributed by atoms with Gasteiger partial charge in [-0.05, 0) is 73.8 Å². The van der Waals surface area contributed by atoms with Crippen molar-refractivity contribution in [3.05, 3.63) is 83.2 Å². The summed E-state index contributed by atoms with van der Waals surface area (Å²) < 4.78 is 45.4. The van der Waals surface area contributed by atoms with E-state index in [2.05, 4.69) is 9.88 Å². The topological polar surface area (TPSA) is 107 Å². The number of likely N-dealkylation sites (N-methyl/N-ethyl adjacent to an activating group) is 1. The molecule has 0 spiro atoms. The van der Waals surface area contributed by atoms with Gasteiger partial charge in [-0.15, -0.1) is 0 Å². The molecule has 2 N–H and O–H groups in total. The van der Waals surface area contributed by atoms with Crippen LogP contribution in [0.2, 0.25) is 0 Å². The molecular weight excluding hydrogens is 570 g/mol. The molecule has 2 aliphatic rings. The van der Waals surface area contributed by atoms with Crippen molar-refractivity contribution in [1.82, 2.24) is 14.8 Å². The number of carbonyl (C=O) groups excluding carboxylic acids is 2. The van der Waals surface area contributed by atoms with Gasteiger partial charge < -0.3 is 24.8 Å². The Morgan fingerprint density at radius 1 is 0.977 bits per heavy atom. The standard InChI is InChI=1S/C33H38F2N4O5/c1-5-38-13-10-32(31(36)41,23-7-6-12-37-19-23)18-28(38)33(22-8-9-24(34)25(35)17-22)11-14-39(20-33)30(40)21-15-26(42-2)29(44-4)27(16-21)43-3/h6-9,12,15-17,19,28H,5,10-11,13-14,18,20H2,1-4H3,(H2,36,41). The number of carbonyl (C=O) groups is 2. The minimum atomic E-state index is -1.02. The summed E-state index contributed by atoms with van der Waals surface area (Å²) in [6.45, 7) is 3.78. The number of ether oxygens (including phenoxy) is 3. The summed E-state index contributed by atoms with van der Waals surface area (Å²) in [6.07, 6.45) is 4.58. The molecule has 5 rings (SSSR count). The second kappa shape index (κ2) is 12.4. The third kappa shape index (κ3) is 5.23. The average molecular weight is 609 g/mol. The molecule has 3 heterocycles. The summed E-state index contributed by atoms with van der Waals surface area (Å²) in [5, 5.41) is 0. The fraction of sp³-hybridized carbons (Fsp3) is 0.424. The first kappa shape index (κ1) is 31.2. The molecule has 2 amide bonds. The second-order valence-corrected chi connectivity index (χ2v) is 11.5. The quantitative estimate of drug-likeness (QED) is 0.390. The monoisotopic (exact) mass is 608 g/mol. The number of halogens is 2. The first-order valence-corrected chi connectivity index (χ1v) is 14.6. The van der Waals surface area contributed by atoms with Gasteiger partial charge in [-0.2, -0.15) is 0 Å². The van der Waals surface area contributed by atoms with E-state index < -0.39 is 28.4 Å². The number of pyridine rings is 1. The molecule has 2 aliphatic heterocycles. The van der Waals surface area contributed by atoms with Crippen molar-refractivity contribution >= 4 is 11.8 Å². The van der Waals surface area contributed by atoms with Gasteiger partial charge >= 0.3 is 0 Å². The van der Waals surface area contributed by atoms with E-state index in [0.29, 0.717) is 67.3 Å². The van der Waals surface area contributed by atoms with Crippen LogP contribution in [0.15, 0.2) is 54.9 Å². The minimum absolute atomic E-state index is 0.205. The van der Waals surface area contributed by atoms with E-state index in [9.17, 15) is 18.4 Å². The van der Waals surface area contributed by atoms with Crippen LogP contribution < -0.4 is 19.9 Å². The molecule has 2 fully saturated rings. The highest BCUT2D eigenvalue weighted by Crippen LogP contribution is 2.49. The smallest absolute Gasteiger partial charge is 0.254 e. The Morgan fingerprint density at radius 3 is 2.27 bits per heavy atom. The van der Waals surface area contributed by atoms with Gasteiger partial charge in [0, 0.05) is 42.5 Å². The lowest BCUT2D eigenvalue weighted by molar-refractivity contribution is -0.127. The number of nitrogens with two attached hydrogens (primary N) is 1. The minimum Gasteiger partial charge on any atom is -0.493 e. The summed E-state index contributed by atoms with van der Waals surface area (Å²) >= 11 is 0. The number of benzene rings is 2. The molecule has 0 saturated carbocycles. The van der Waals surface area contributed by atoms with Crippen LogP contribution in [-0.4, -0.2) is 80.1 Å². The van der Waals surface area contributed by atoms with E-state index in [1.165, 1.54) is 27.4 Å². The summed E-state index contributed by atoms with van der Waals surface area (Å²) in [7, 11) is 4.44. The van der Waals surface area contributed by atoms with Gasteiger partial charge in [0.25, 0.3) is 5.91 Å². The molecule has 3 unspecified atom stereocenters. The molecule has 2 saturated heterocycles. The molecule has 3 aromatic rings. The third-order valence-electron chi connectivity index (χ3n) is 9.53. The van der Waals surface area contributed by atoms with Gasteiger partial charge in [-0.1, -0.05) is 19.1 Å². The van der Waals surface area contributed by atoms with E-state index in [0.717, 1.165) is 11.6 Å². The molecule has 11 heteroatoms. The van der Waals surface area contributed by atoms with Crippen molar-refractivity contribution in [1.29, 1.82) is 0 Å². The number of hydrogen-bond acceptors (Lipinski definition) is 7. The summed E-state index contributed by atoms with van der Waals surface area (Å²) in [5.74, 6) is -1.62. The molecular formula is C33H38F2N4O5. The van der Waals surface area contributed by atoms with Crippen LogP contribution in [0, 0.1) is 11.6 Å². The summed E-state index contributed by atoms with van der Waals surface area (Å²) in [5.41, 5.74) is 5.89. The maximum Gasteiger partial charge on any atom is 0.254 e. The van der Waals surface area contributed by atoms with Crippen molar-refractivity contribution in [3.63, 3.8) is 0 Å². The highest BCUT2D eigenvalue weighted by molar-refractivity contribution is 5.96. The lowest BCUT2D eigenvalue weighted by Gasteiger charge is -2.52. The SMILES string of the molecule is CCN1CCC(C(N)=O)(c2cccnc2)CC1C1(c2ccc(F)c(F)c2)CCN(C(=O)c2cc(OC)c(OC)c(OC)c2)C1. The van der Waals surface area contributed by atoms with E-state index in [1.807, 2.05) is 13.0 Å². The van der Waals surface area contributed by atoms with E-state index in [4.69, 9.17) is 19.9 Å². The van der Waals surface area contributed by atoms with Crippen molar-refractivity contribution in [2.24, 2.45) is 5.73 Å². The van der Waals surface area contributed by atoms with Gasteiger partial charge in [0.1, 0.15) is 0 Å². The lowest BCUT2D eigenvalue weighted by Crippen LogP contribution is -2.61. The van der Waals surface area contributed by atoms with E-state index in [-0.39, 0.29) is 18.5 Å². The van der Waals surface area contributed by atoms with Crippen LogP contribution in [0.1, 0.15) is 47.7 Å². The number of rotatable bonds is 9. The predicted molar refractivity (Wildman–Crippen MR) is 160 cm³/mol. The largest absolute Gasteiger partial charge is 0.493 e. The second-order valence-electron chi connectivity index (χ2n) is 11.5. The predicted octanol–water partition coefficient (Wildman–Crippen LogP) is 4.08. The maximum absolute atomic E-state index is 14.9. The summed E-state index contributed by atoms with van der Waals surface area (Å²) in [4.78, 5) is 35.6. The lowest BCUT2D eigenvalue weighted by atomic mass is 9.62. The Hall–Kier alpha value is -4.25. The maximum atomic E-state index is 14.9. The highest BCUT2D eigenvalue weighted by atomic mass is 19.2. The van der Waals surface area contributed by atoms with E-state index >= 15 is 0 Å². The number of hydrogen-bond donors (Lipinski definition) is 1. The number of methoxy groups -OCH3 is 3. The van der Waals surface area contributed by atoms with Gasteiger partial charge in [-0.25, -0.2) is 8.78 Å². The molecule has 0 radical (unpaired) electrons. The first-order chi connectivity index (χ1) is 21.1. The summed E-state index contributed by atoms with van der Waals surface area (Å²) in [6, 6.07) is 10.4. The van der Waals surface area contributed by atoms with Crippen LogP contribution in [0.4, 0.5) is 8.78 Å². The number of primary amides is 1. The van der Waals surface area contributed by atoms with Crippen molar-refractivity contribution in [3.8, 4) is 17.2 Å². The Labute approximate surface area is 255 Å². The fourth-order valence-corrected chi connectivity index (χ4v) is 7.15. The van der Waals surface area contributed by atoms with Crippen LogP contribution in [0.25, 0.3) is 0 Å². The normalized spacial score (nSPS) is 23.8. The van der Waals surface area contributed by atoms with Gasteiger partial charge in [0.05, 0.1) is 26.7 Å². The zero-order chi connectivity index (χ0) is 31.6. The molecule has 0 bridgehead atoms. The van der Waals surface area contributed by atoms with Gasteiger partial charge in [0.15, 0.2) is 23.1 Å². The van der Waals surface area contributed by atoms with Crippen LogP contribution in [0.3, 0.4) is 0 Å². The molecule has 3 atom stereocenters. The average Bonchev–Trinajstić information content (AvgIpc) is 3.51. The molecule has 1 aromatic heterocycles. The third-order valence-corrected chi connectivity index (χ3v) is 9.53. The Bertz CT molecular complexity index is 1510. The Balaban J connectivity index is 1.61. The molecule has 44 heavy (non-hydrogen) atoms. The zero-order valence-corrected chi connectivity index (χ0v) is 25.4. The number of piperidine rings is 1. The van der Waals surface area contributed by atoms with Crippen LogP contribution in [-0.2, 0) is 15.6 Å². The molecule has 2 aromatic carbocycles. The number of aromatic nitrogens is 1. The first-order valence-electron chi connectivity index (χ1n) is 14.6. The molecule has 234 valence electrons. The number of nitrogens with zero attached hydrogens (tertiary/aromatic N) is 3. The highest BCUT2D eigenvalue weighted by Gasteiger charge is 2.55. The zero-order valence-electron chi connectivity index (χ0n) is 25.4. The molecule has 9 nitrogen and oxygen atoms in total. The van der Waals surface area contributed by atoms with Crippen molar-refractivity contribution in [2.75, 3.05) is 47.5 Å². The molecule has 0 aliphatic carbocycles. The Kier molecular flexibility index (Phi) is 8.78. The van der Waals surface area contributed by atoms with Crippen LogP contribution >= 0.6 is 0 Å². The van der Waals surface area contributed by atoms with Crippen LogP contribution in [0.5, 0.6) is 17.2 Å².